The second kappa shape index (κ2) is 3.76. The van der Waals surface area contributed by atoms with Crippen molar-refractivity contribution in [1.29, 1.82) is 0 Å². The Hall–Kier alpha value is -0.410. The largest absolute Gasteiger partial charge is 0.386 e. The minimum atomic E-state index is -3.59. The maximum absolute atomic E-state index is 11.1. The fraction of sp³-hybridized carbons (Fsp3) is 0.500. The third-order valence-corrected chi connectivity index (χ3v) is 3.35. The Labute approximate surface area is 76.7 Å². The van der Waals surface area contributed by atoms with E-state index in [2.05, 4.69) is 0 Å². The molecule has 1 aliphatic rings. The molecular formula is C8H13O4P. The van der Waals surface area contributed by atoms with Crippen molar-refractivity contribution in [3.05, 3.63) is 24.3 Å². The molecule has 0 saturated heterocycles. The minimum Gasteiger partial charge on any atom is -0.386 e. The van der Waals surface area contributed by atoms with Gasteiger partial charge in [-0.2, -0.15) is 0 Å². The summed E-state index contributed by atoms with van der Waals surface area (Å²) in [5.41, 5.74) is -1.28. The van der Waals surface area contributed by atoms with E-state index in [1.54, 1.807) is 18.2 Å². The van der Waals surface area contributed by atoms with Crippen molar-refractivity contribution in [2.75, 3.05) is 12.5 Å². The zero-order valence-corrected chi connectivity index (χ0v) is 8.02. The van der Waals surface area contributed by atoms with Gasteiger partial charge in [0, 0.05) is 0 Å². The predicted molar refractivity (Wildman–Crippen MR) is 49.6 cm³/mol. The Morgan fingerprint density at radius 3 is 2.62 bits per heavy atom. The monoisotopic (exact) mass is 204 g/mol. The van der Waals surface area contributed by atoms with Crippen molar-refractivity contribution in [1.82, 2.24) is 0 Å². The van der Waals surface area contributed by atoms with Crippen LogP contribution in [-0.4, -0.2) is 33.2 Å². The second-order valence-corrected chi connectivity index (χ2v) is 5.53. The van der Waals surface area contributed by atoms with Gasteiger partial charge in [-0.1, -0.05) is 24.3 Å². The third-order valence-electron chi connectivity index (χ3n) is 1.87. The van der Waals surface area contributed by atoms with Crippen LogP contribution in [0.15, 0.2) is 24.3 Å². The van der Waals surface area contributed by atoms with Crippen LogP contribution in [0.25, 0.3) is 0 Å². The normalized spacial score (nSPS) is 31.6. The van der Waals surface area contributed by atoms with Crippen LogP contribution < -0.4 is 0 Å². The molecule has 4 nitrogen and oxygen atoms in total. The molecule has 0 saturated carbocycles. The molecule has 1 aliphatic carbocycles. The van der Waals surface area contributed by atoms with Gasteiger partial charge in [-0.25, -0.2) is 0 Å². The van der Waals surface area contributed by atoms with Crippen molar-refractivity contribution >= 4 is 7.37 Å². The number of allylic oxidation sites excluding steroid dienone is 2. The first-order valence-electron chi connectivity index (χ1n) is 3.96. The van der Waals surface area contributed by atoms with E-state index in [0.717, 1.165) is 0 Å². The number of rotatable bonds is 3. The van der Waals surface area contributed by atoms with Crippen molar-refractivity contribution < 1.29 is 19.7 Å². The first kappa shape index (κ1) is 10.7. The van der Waals surface area contributed by atoms with Crippen LogP contribution in [0.1, 0.15) is 6.42 Å². The van der Waals surface area contributed by atoms with Gasteiger partial charge >= 0.3 is 0 Å². The average molecular weight is 204 g/mol. The summed E-state index contributed by atoms with van der Waals surface area (Å²) < 4.78 is 11.1. The highest BCUT2D eigenvalue weighted by Crippen LogP contribution is 2.43. The van der Waals surface area contributed by atoms with E-state index in [1.165, 1.54) is 6.08 Å². The van der Waals surface area contributed by atoms with E-state index in [-0.39, 0.29) is 6.16 Å². The van der Waals surface area contributed by atoms with Crippen molar-refractivity contribution in [3.8, 4) is 0 Å². The quantitative estimate of drug-likeness (QED) is 0.583. The molecule has 74 valence electrons. The summed E-state index contributed by atoms with van der Waals surface area (Å²) in [6.45, 7) is 0. The lowest BCUT2D eigenvalue weighted by molar-refractivity contribution is 0.113. The van der Waals surface area contributed by atoms with Gasteiger partial charge in [0.25, 0.3) is 0 Å². The van der Waals surface area contributed by atoms with Gasteiger partial charge < -0.3 is 15.1 Å². The van der Waals surface area contributed by atoms with Gasteiger partial charge in [0.15, 0.2) is 0 Å². The maximum Gasteiger partial charge on any atom is 0.228 e. The smallest absolute Gasteiger partial charge is 0.228 e. The van der Waals surface area contributed by atoms with Crippen LogP contribution in [0, 0.1) is 0 Å². The number of hydrogen-bond acceptors (Lipinski definition) is 3. The molecule has 0 aliphatic heterocycles. The average Bonchev–Trinajstić information content (AvgIpc) is 2.04. The molecule has 3 N–H and O–H groups in total. The highest BCUT2D eigenvalue weighted by atomic mass is 31.2. The van der Waals surface area contributed by atoms with E-state index >= 15 is 0 Å². The molecule has 0 fully saturated rings. The molecule has 0 radical (unpaired) electrons. The lowest BCUT2D eigenvalue weighted by atomic mass is 9.98. The van der Waals surface area contributed by atoms with Gasteiger partial charge in [0.05, 0.1) is 11.8 Å². The van der Waals surface area contributed by atoms with Crippen LogP contribution >= 0.6 is 7.37 Å². The van der Waals surface area contributed by atoms with E-state index < -0.39 is 19.3 Å². The molecule has 0 bridgehead atoms. The molecule has 5 heteroatoms. The zero-order chi connectivity index (χ0) is 9.95. The topological polar surface area (TPSA) is 77.8 Å². The molecule has 2 unspecified atom stereocenters. The lowest BCUT2D eigenvalue weighted by Gasteiger charge is -2.26. The Balaban J connectivity index is 2.68. The lowest BCUT2D eigenvalue weighted by Crippen LogP contribution is -2.31. The van der Waals surface area contributed by atoms with Crippen LogP contribution in [-0.2, 0) is 4.57 Å². The standard InChI is InChI=1S/C8H13O4P/c9-7-13(11,12)6-8(10)4-2-1-3-5-8/h1-4,9-10H,5-7H2,(H,11,12). The summed E-state index contributed by atoms with van der Waals surface area (Å²) >= 11 is 0. The van der Waals surface area contributed by atoms with Gasteiger partial charge in [-0.3, -0.25) is 4.57 Å². The molecule has 0 aromatic carbocycles. The molecule has 13 heavy (non-hydrogen) atoms. The summed E-state index contributed by atoms with van der Waals surface area (Å²) in [5, 5.41) is 18.3. The Kier molecular flexibility index (Phi) is 3.09. The first-order chi connectivity index (χ1) is 5.97. The minimum absolute atomic E-state index is 0.294. The summed E-state index contributed by atoms with van der Waals surface area (Å²) in [4.78, 5) is 9.13. The van der Waals surface area contributed by atoms with Crippen LogP contribution in [0.4, 0.5) is 0 Å². The van der Waals surface area contributed by atoms with Gasteiger partial charge in [0.1, 0.15) is 6.35 Å². The zero-order valence-electron chi connectivity index (χ0n) is 7.13. The first-order valence-corrected chi connectivity index (χ1v) is 5.99. The maximum atomic E-state index is 11.1. The molecule has 0 spiro atoms. The molecular weight excluding hydrogens is 191 g/mol. The van der Waals surface area contributed by atoms with Crippen molar-refractivity contribution in [2.45, 2.75) is 12.0 Å². The summed E-state index contributed by atoms with van der Waals surface area (Å²) in [7, 11) is -3.59. The van der Waals surface area contributed by atoms with E-state index in [1.807, 2.05) is 0 Å². The van der Waals surface area contributed by atoms with E-state index in [4.69, 9.17) is 10.00 Å². The van der Waals surface area contributed by atoms with Gasteiger partial charge in [0.2, 0.25) is 7.37 Å². The number of hydrogen-bond donors (Lipinski definition) is 3. The Bertz CT molecular complexity index is 284. The molecule has 0 aromatic rings. The fourth-order valence-corrected chi connectivity index (χ4v) is 2.44. The summed E-state index contributed by atoms with van der Waals surface area (Å²) in [6.07, 6.45) is 5.82. The summed E-state index contributed by atoms with van der Waals surface area (Å²) in [5.74, 6) is 0. The highest BCUT2D eigenvalue weighted by molar-refractivity contribution is 7.57. The van der Waals surface area contributed by atoms with Crippen LogP contribution in [0.5, 0.6) is 0 Å². The predicted octanol–water partition coefficient (Wildman–Crippen LogP) is 0.454. The van der Waals surface area contributed by atoms with E-state index in [9.17, 15) is 9.67 Å². The number of aliphatic hydroxyl groups excluding tert-OH is 1. The molecule has 0 amide bonds. The SMILES string of the molecule is O=P(O)(CO)CC1(O)C=CC=CC1. The molecule has 0 heterocycles. The van der Waals surface area contributed by atoms with Gasteiger partial charge in [-0.05, 0) is 6.42 Å². The van der Waals surface area contributed by atoms with E-state index in [0.29, 0.717) is 6.42 Å². The molecule has 1 rings (SSSR count). The number of aliphatic hydroxyl groups is 2. The van der Waals surface area contributed by atoms with Gasteiger partial charge in [-0.15, -0.1) is 0 Å². The Morgan fingerprint density at radius 2 is 2.15 bits per heavy atom. The summed E-state index contributed by atoms with van der Waals surface area (Å²) in [6, 6.07) is 0. The molecule has 0 aromatic heterocycles. The second-order valence-electron chi connectivity index (χ2n) is 3.24. The third kappa shape index (κ3) is 3.08. The Morgan fingerprint density at radius 1 is 1.46 bits per heavy atom. The highest BCUT2D eigenvalue weighted by Gasteiger charge is 2.32. The fourth-order valence-electron chi connectivity index (χ4n) is 1.25. The van der Waals surface area contributed by atoms with Crippen LogP contribution in [0.2, 0.25) is 0 Å². The van der Waals surface area contributed by atoms with Crippen molar-refractivity contribution in [3.63, 3.8) is 0 Å². The molecule has 2 atom stereocenters. The van der Waals surface area contributed by atoms with Crippen molar-refractivity contribution in [2.24, 2.45) is 0 Å². The van der Waals surface area contributed by atoms with Crippen LogP contribution in [0.3, 0.4) is 0 Å².